The summed E-state index contributed by atoms with van der Waals surface area (Å²) in [7, 11) is 4.10. The molecule has 2 fully saturated rings. The summed E-state index contributed by atoms with van der Waals surface area (Å²) in [6, 6.07) is 0.307. The van der Waals surface area contributed by atoms with E-state index in [1.165, 1.54) is 0 Å². The molecule has 1 N–H and O–H groups in total. The first kappa shape index (κ1) is 17.0. The fourth-order valence-electron chi connectivity index (χ4n) is 3.63. The van der Waals surface area contributed by atoms with Gasteiger partial charge in [0.15, 0.2) is 5.82 Å². The van der Waals surface area contributed by atoms with Crippen molar-refractivity contribution in [1.29, 1.82) is 0 Å². The van der Waals surface area contributed by atoms with Crippen molar-refractivity contribution in [3.8, 4) is 0 Å². The van der Waals surface area contributed by atoms with Crippen molar-refractivity contribution < 1.29 is 4.79 Å². The van der Waals surface area contributed by atoms with Gasteiger partial charge in [-0.2, -0.15) is 0 Å². The summed E-state index contributed by atoms with van der Waals surface area (Å²) >= 11 is 0. The number of amides is 2. The Morgan fingerprint density at radius 3 is 2.65 bits per heavy atom. The quantitative estimate of drug-likeness (QED) is 0.848. The van der Waals surface area contributed by atoms with Gasteiger partial charge in [0.25, 0.3) is 0 Å². The zero-order valence-electron chi connectivity index (χ0n) is 15.4. The van der Waals surface area contributed by atoms with Crippen LogP contribution in [0.3, 0.4) is 0 Å². The molecule has 2 aliphatic rings. The maximum atomic E-state index is 12.4. The van der Waals surface area contributed by atoms with E-state index in [0.717, 1.165) is 50.7 Å². The molecule has 0 unspecified atom stereocenters. The summed E-state index contributed by atoms with van der Waals surface area (Å²) in [4.78, 5) is 20.6. The number of urea groups is 1. The molecule has 2 aromatic heterocycles. The molecule has 2 amide bonds. The van der Waals surface area contributed by atoms with Gasteiger partial charge in [-0.1, -0.05) is 0 Å². The lowest BCUT2D eigenvalue weighted by molar-refractivity contribution is 0.145. The van der Waals surface area contributed by atoms with Gasteiger partial charge in [0, 0.05) is 57.6 Å². The van der Waals surface area contributed by atoms with Gasteiger partial charge in [-0.25, -0.2) is 9.78 Å². The lowest BCUT2D eigenvalue weighted by atomic mass is 9.79. The average molecular weight is 358 g/mol. The molecule has 2 aromatic rings. The number of hydrogen-bond acceptors (Lipinski definition) is 5. The highest BCUT2D eigenvalue weighted by Gasteiger charge is 2.35. The van der Waals surface area contributed by atoms with Gasteiger partial charge >= 0.3 is 6.03 Å². The minimum atomic E-state index is 0.0697. The Kier molecular flexibility index (Phi) is 4.62. The second-order valence-electron chi connectivity index (χ2n) is 7.37. The smallest absolute Gasteiger partial charge is 0.317 e. The third kappa shape index (κ3) is 3.44. The molecule has 1 aliphatic heterocycles. The predicted octanol–water partition coefficient (Wildman–Crippen LogP) is 0.263. The molecule has 1 saturated carbocycles. The number of rotatable bonds is 4. The molecule has 26 heavy (non-hydrogen) atoms. The third-order valence-corrected chi connectivity index (χ3v) is 5.50. The van der Waals surface area contributed by atoms with Crippen LogP contribution in [0.5, 0.6) is 0 Å². The zero-order chi connectivity index (χ0) is 18.1. The van der Waals surface area contributed by atoms with Crippen molar-refractivity contribution in [1.82, 2.24) is 39.4 Å². The van der Waals surface area contributed by atoms with Gasteiger partial charge < -0.3 is 24.3 Å². The molecule has 0 atom stereocenters. The molecule has 0 bridgehead atoms. The molecule has 0 spiro atoms. The summed E-state index contributed by atoms with van der Waals surface area (Å²) in [5.41, 5.74) is 0. The molecule has 0 aromatic carbocycles. The number of aromatic nitrogens is 5. The number of piperazine rings is 1. The first-order chi connectivity index (χ1) is 12.6. The Balaban J connectivity index is 1.28. The molecule has 1 saturated heterocycles. The van der Waals surface area contributed by atoms with Crippen LogP contribution >= 0.6 is 0 Å². The summed E-state index contributed by atoms with van der Waals surface area (Å²) in [5, 5.41) is 11.9. The predicted molar refractivity (Wildman–Crippen MR) is 95.7 cm³/mol. The number of likely N-dealkylation sites (N-methyl/N-ethyl adjacent to an activating group) is 1. The Hall–Kier alpha value is -2.42. The highest BCUT2D eigenvalue weighted by Crippen LogP contribution is 2.36. The highest BCUT2D eigenvalue weighted by atomic mass is 16.2. The van der Waals surface area contributed by atoms with Crippen molar-refractivity contribution in [3.63, 3.8) is 0 Å². The molecule has 140 valence electrons. The second kappa shape index (κ2) is 7.06. The number of nitrogens with one attached hydrogen (secondary N) is 1. The first-order valence-corrected chi connectivity index (χ1v) is 9.18. The lowest BCUT2D eigenvalue weighted by Crippen LogP contribution is -2.54. The van der Waals surface area contributed by atoms with Crippen molar-refractivity contribution in [3.05, 3.63) is 30.4 Å². The van der Waals surface area contributed by atoms with Crippen molar-refractivity contribution in [2.45, 2.75) is 31.3 Å². The van der Waals surface area contributed by atoms with E-state index in [9.17, 15) is 4.79 Å². The van der Waals surface area contributed by atoms with Gasteiger partial charge in [-0.15, -0.1) is 10.2 Å². The minimum absolute atomic E-state index is 0.0697. The number of carbonyl (C=O) groups excluding carboxylic acids is 1. The summed E-state index contributed by atoms with van der Waals surface area (Å²) in [5.74, 6) is 2.29. The van der Waals surface area contributed by atoms with Crippen LogP contribution in [0, 0.1) is 0 Å². The highest BCUT2D eigenvalue weighted by molar-refractivity contribution is 5.74. The van der Waals surface area contributed by atoms with E-state index in [1.807, 2.05) is 22.7 Å². The van der Waals surface area contributed by atoms with E-state index in [2.05, 4.69) is 37.0 Å². The number of hydrogen-bond donors (Lipinski definition) is 1. The van der Waals surface area contributed by atoms with Crippen LogP contribution in [0.25, 0.3) is 0 Å². The summed E-state index contributed by atoms with van der Waals surface area (Å²) < 4.78 is 4.05. The van der Waals surface area contributed by atoms with Gasteiger partial charge in [-0.05, 0) is 19.9 Å². The summed E-state index contributed by atoms with van der Waals surface area (Å²) in [6.07, 6.45) is 7.31. The van der Waals surface area contributed by atoms with Crippen LogP contribution in [-0.4, -0.2) is 79.4 Å². The molecule has 9 nitrogen and oxygen atoms in total. The number of nitrogens with zero attached hydrogens (tertiary/aromatic N) is 7. The SMILES string of the molecule is CN1CCN(C(=O)NC2CC(c3nnc(Cn4ccnc4)n3C)C2)CC1. The second-order valence-corrected chi connectivity index (χ2v) is 7.37. The van der Waals surface area contributed by atoms with E-state index in [1.54, 1.807) is 12.5 Å². The van der Waals surface area contributed by atoms with Crippen molar-refractivity contribution >= 4 is 6.03 Å². The van der Waals surface area contributed by atoms with Gasteiger partial charge in [0.05, 0.1) is 12.9 Å². The summed E-state index contributed by atoms with van der Waals surface area (Å²) in [6.45, 7) is 4.16. The van der Waals surface area contributed by atoms with Crippen LogP contribution < -0.4 is 5.32 Å². The Morgan fingerprint density at radius 2 is 1.96 bits per heavy atom. The molecule has 3 heterocycles. The zero-order valence-corrected chi connectivity index (χ0v) is 15.4. The lowest BCUT2D eigenvalue weighted by Gasteiger charge is -2.38. The van der Waals surface area contributed by atoms with Crippen molar-refractivity contribution in [2.24, 2.45) is 7.05 Å². The Morgan fingerprint density at radius 1 is 1.19 bits per heavy atom. The largest absolute Gasteiger partial charge is 0.335 e. The fraction of sp³-hybridized carbons (Fsp3) is 0.647. The van der Waals surface area contributed by atoms with Crippen LogP contribution in [0.4, 0.5) is 4.79 Å². The van der Waals surface area contributed by atoms with E-state index in [0.29, 0.717) is 12.5 Å². The normalized spacial score (nSPS) is 23.7. The average Bonchev–Trinajstić information content (AvgIpc) is 3.23. The minimum Gasteiger partial charge on any atom is -0.335 e. The molecular weight excluding hydrogens is 332 g/mol. The van der Waals surface area contributed by atoms with E-state index in [4.69, 9.17) is 0 Å². The Labute approximate surface area is 153 Å². The third-order valence-electron chi connectivity index (χ3n) is 5.50. The molecule has 1 aliphatic carbocycles. The van der Waals surface area contributed by atoms with E-state index >= 15 is 0 Å². The molecule has 9 heteroatoms. The molecule has 0 radical (unpaired) electrons. The standard InChI is InChI=1S/C17H26N8O/c1-22-5-7-25(8-6-22)17(26)19-14-9-13(10-14)16-21-20-15(23(16)2)11-24-4-3-18-12-24/h3-4,12-14H,5-11H2,1-2H3,(H,19,26). The van der Waals surface area contributed by atoms with Crippen LogP contribution in [0.15, 0.2) is 18.7 Å². The number of imidazole rings is 1. The van der Waals surface area contributed by atoms with Crippen LogP contribution in [-0.2, 0) is 13.6 Å². The maximum Gasteiger partial charge on any atom is 0.317 e. The molecule has 4 rings (SSSR count). The van der Waals surface area contributed by atoms with Crippen molar-refractivity contribution in [2.75, 3.05) is 33.2 Å². The van der Waals surface area contributed by atoms with Gasteiger partial charge in [0.2, 0.25) is 0 Å². The van der Waals surface area contributed by atoms with E-state index < -0.39 is 0 Å². The Bertz CT molecular complexity index is 741. The monoisotopic (exact) mass is 358 g/mol. The fourth-order valence-corrected chi connectivity index (χ4v) is 3.63. The topological polar surface area (TPSA) is 84.1 Å². The van der Waals surface area contributed by atoms with E-state index in [-0.39, 0.29) is 12.1 Å². The van der Waals surface area contributed by atoms with Crippen LogP contribution in [0.2, 0.25) is 0 Å². The molecular formula is C17H26N8O. The van der Waals surface area contributed by atoms with Gasteiger partial charge in [-0.3, -0.25) is 0 Å². The van der Waals surface area contributed by atoms with Gasteiger partial charge in [0.1, 0.15) is 5.82 Å². The van der Waals surface area contributed by atoms with Crippen LogP contribution in [0.1, 0.15) is 30.4 Å². The maximum absolute atomic E-state index is 12.4. The first-order valence-electron chi connectivity index (χ1n) is 9.18. The number of carbonyl (C=O) groups is 1.